The van der Waals surface area contributed by atoms with Crippen molar-refractivity contribution >= 4 is 22.7 Å². The standard InChI is InChI=1S/C23H20N2O3/c1-14-8-6-10-17(21(14)27-3)22(26)24-18-12-7-9-16(15(18)2)23-25-19-11-4-5-13-20(19)28-23/h4-13H,1-3H3,(H,24,26). The number of aryl methyl sites for hydroxylation is 1. The molecule has 0 atom stereocenters. The van der Waals surface area contributed by atoms with Crippen molar-refractivity contribution < 1.29 is 13.9 Å². The molecule has 0 fully saturated rings. The van der Waals surface area contributed by atoms with Gasteiger partial charge in [-0.05, 0) is 55.3 Å². The molecule has 3 aromatic carbocycles. The van der Waals surface area contributed by atoms with Gasteiger partial charge in [0.2, 0.25) is 5.89 Å². The molecule has 1 aromatic heterocycles. The number of methoxy groups -OCH3 is 1. The van der Waals surface area contributed by atoms with Gasteiger partial charge < -0.3 is 14.5 Å². The predicted molar refractivity (Wildman–Crippen MR) is 110 cm³/mol. The molecule has 140 valence electrons. The van der Waals surface area contributed by atoms with Crippen LogP contribution < -0.4 is 10.1 Å². The lowest BCUT2D eigenvalue weighted by Crippen LogP contribution is -2.14. The number of anilines is 1. The Labute approximate surface area is 163 Å². The average Bonchev–Trinajstić information content (AvgIpc) is 3.13. The van der Waals surface area contributed by atoms with Crippen LogP contribution in [0.1, 0.15) is 21.5 Å². The second kappa shape index (κ2) is 7.19. The maximum atomic E-state index is 12.9. The Balaban J connectivity index is 1.69. The van der Waals surface area contributed by atoms with Crippen LogP contribution in [-0.4, -0.2) is 18.0 Å². The first kappa shape index (κ1) is 17.8. The SMILES string of the molecule is COc1c(C)cccc1C(=O)Nc1cccc(-c2nc3ccccc3o2)c1C. The molecule has 0 radical (unpaired) electrons. The maximum Gasteiger partial charge on any atom is 0.259 e. The van der Waals surface area contributed by atoms with Crippen LogP contribution in [0.4, 0.5) is 5.69 Å². The van der Waals surface area contributed by atoms with Crippen LogP contribution in [0.2, 0.25) is 0 Å². The summed E-state index contributed by atoms with van der Waals surface area (Å²) in [6.07, 6.45) is 0. The molecule has 1 heterocycles. The Bertz CT molecular complexity index is 1140. The molecular weight excluding hydrogens is 352 g/mol. The summed E-state index contributed by atoms with van der Waals surface area (Å²) >= 11 is 0. The van der Waals surface area contributed by atoms with Crippen molar-refractivity contribution in [3.8, 4) is 17.2 Å². The zero-order valence-corrected chi connectivity index (χ0v) is 15.9. The number of fused-ring (bicyclic) bond motifs is 1. The summed E-state index contributed by atoms with van der Waals surface area (Å²) in [5.74, 6) is 0.883. The molecule has 0 spiro atoms. The van der Waals surface area contributed by atoms with Crippen LogP contribution in [0, 0.1) is 13.8 Å². The average molecular weight is 372 g/mol. The second-order valence-electron chi connectivity index (χ2n) is 6.57. The minimum absolute atomic E-state index is 0.224. The number of carbonyl (C=O) groups excluding carboxylic acids is 1. The summed E-state index contributed by atoms with van der Waals surface area (Å²) in [5.41, 5.74) is 5.36. The van der Waals surface area contributed by atoms with Crippen molar-refractivity contribution in [2.75, 3.05) is 12.4 Å². The van der Waals surface area contributed by atoms with E-state index in [0.29, 0.717) is 22.9 Å². The van der Waals surface area contributed by atoms with Gasteiger partial charge in [-0.25, -0.2) is 4.98 Å². The van der Waals surface area contributed by atoms with Gasteiger partial charge in [-0.1, -0.05) is 30.3 Å². The number of para-hydroxylation sites is 3. The molecule has 1 amide bonds. The molecular formula is C23H20N2O3. The molecule has 28 heavy (non-hydrogen) atoms. The summed E-state index contributed by atoms with van der Waals surface area (Å²) < 4.78 is 11.3. The number of carbonyl (C=O) groups is 1. The zero-order chi connectivity index (χ0) is 19.7. The van der Waals surface area contributed by atoms with Crippen molar-refractivity contribution in [2.45, 2.75) is 13.8 Å². The van der Waals surface area contributed by atoms with Gasteiger partial charge in [-0.15, -0.1) is 0 Å². The summed E-state index contributed by atoms with van der Waals surface area (Å²) in [7, 11) is 1.57. The highest BCUT2D eigenvalue weighted by atomic mass is 16.5. The van der Waals surface area contributed by atoms with Crippen molar-refractivity contribution in [3.63, 3.8) is 0 Å². The van der Waals surface area contributed by atoms with Crippen LogP contribution in [0.5, 0.6) is 5.75 Å². The van der Waals surface area contributed by atoms with E-state index in [1.54, 1.807) is 13.2 Å². The highest BCUT2D eigenvalue weighted by Crippen LogP contribution is 2.31. The minimum atomic E-state index is -0.224. The smallest absolute Gasteiger partial charge is 0.259 e. The van der Waals surface area contributed by atoms with E-state index >= 15 is 0 Å². The molecule has 0 saturated carbocycles. The van der Waals surface area contributed by atoms with Crippen molar-refractivity contribution in [1.29, 1.82) is 0 Å². The highest BCUT2D eigenvalue weighted by molar-refractivity contribution is 6.07. The Morgan fingerprint density at radius 3 is 2.57 bits per heavy atom. The maximum absolute atomic E-state index is 12.9. The highest BCUT2D eigenvalue weighted by Gasteiger charge is 2.17. The first-order chi connectivity index (χ1) is 13.6. The fraction of sp³-hybridized carbons (Fsp3) is 0.130. The summed E-state index contributed by atoms with van der Waals surface area (Å²) in [6.45, 7) is 3.85. The third-order valence-electron chi connectivity index (χ3n) is 4.77. The van der Waals surface area contributed by atoms with E-state index in [4.69, 9.17) is 9.15 Å². The van der Waals surface area contributed by atoms with Crippen LogP contribution in [-0.2, 0) is 0 Å². The number of nitrogens with zero attached hydrogens (tertiary/aromatic N) is 1. The first-order valence-corrected chi connectivity index (χ1v) is 8.99. The topological polar surface area (TPSA) is 64.4 Å². The summed E-state index contributed by atoms with van der Waals surface area (Å²) in [6, 6.07) is 18.8. The van der Waals surface area contributed by atoms with E-state index in [1.165, 1.54) is 0 Å². The van der Waals surface area contributed by atoms with Gasteiger partial charge in [0.15, 0.2) is 5.58 Å². The molecule has 0 aliphatic rings. The number of hydrogen-bond acceptors (Lipinski definition) is 4. The lowest BCUT2D eigenvalue weighted by Gasteiger charge is -2.14. The predicted octanol–water partition coefficient (Wildman–Crippen LogP) is 5.37. The number of oxazole rings is 1. The van der Waals surface area contributed by atoms with Gasteiger partial charge in [-0.2, -0.15) is 0 Å². The van der Waals surface area contributed by atoms with E-state index in [1.807, 2.05) is 68.4 Å². The number of nitrogens with one attached hydrogen (secondary N) is 1. The fourth-order valence-corrected chi connectivity index (χ4v) is 3.28. The molecule has 0 saturated heterocycles. The van der Waals surface area contributed by atoms with E-state index in [-0.39, 0.29) is 5.91 Å². The Morgan fingerprint density at radius 2 is 1.79 bits per heavy atom. The fourth-order valence-electron chi connectivity index (χ4n) is 3.28. The van der Waals surface area contributed by atoms with Gasteiger partial charge >= 0.3 is 0 Å². The van der Waals surface area contributed by atoms with E-state index < -0.39 is 0 Å². The Hall–Kier alpha value is -3.60. The van der Waals surface area contributed by atoms with E-state index in [9.17, 15) is 4.79 Å². The van der Waals surface area contributed by atoms with Gasteiger partial charge in [0.1, 0.15) is 11.3 Å². The zero-order valence-electron chi connectivity index (χ0n) is 15.9. The van der Waals surface area contributed by atoms with E-state index in [0.717, 1.165) is 27.8 Å². The van der Waals surface area contributed by atoms with Gasteiger partial charge in [0.25, 0.3) is 5.91 Å². The number of amides is 1. The number of hydrogen-bond donors (Lipinski definition) is 1. The molecule has 4 aromatic rings. The third-order valence-corrected chi connectivity index (χ3v) is 4.77. The molecule has 1 N–H and O–H groups in total. The van der Waals surface area contributed by atoms with Crippen LogP contribution in [0.15, 0.2) is 65.1 Å². The summed E-state index contributed by atoms with van der Waals surface area (Å²) in [5, 5.41) is 2.98. The number of aromatic nitrogens is 1. The number of benzene rings is 3. The van der Waals surface area contributed by atoms with Crippen LogP contribution in [0.25, 0.3) is 22.6 Å². The molecule has 0 aliphatic carbocycles. The Morgan fingerprint density at radius 1 is 1.00 bits per heavy atom. The number of ether oxygens (including phenoxy) is 1. The lowest BCUT2D eigenvalue weighted by molar-refractivity contribution is 0.102. The van der Waals surface area contributed by atoms with Crippen LogP contribution >= 0.6 is 0 Å². The van der Waals surface area contributed by atoms with Crippen molar-refractivity contribution in [2.24, 2.45) is 0 Å². The van der Waals surface area contributed by atoms with Crippen LogP contribution in [0.3, 0.4) is 0 Å². The minimum Gasteiger partial charge on any atom is -0.496 e. The van der Waals surface area contributed by atoms with Gasteiger partial charge in [-0.3, -0.25) is 4.79 Å². The molecule has 0 unspecified atom stereocenters. The number of rotatable bonds is 4. The molecule has 5 heteroatoms. The third kappa shape index (κ3) is 3.11. The Kier molecular flexibility index (Phi) is 4.57. The summed E-state index contributed by atoms with van der Waals surface area (Å²) in [4.78, 5) is 17.4. The largest absolute Gasteiger partial charge is 0.496 e. The van der Waals surface area contributed by atoms with Crippen molar-refractivity contribution in [3.05, 3.63) is 77.4 Å². The monoisotopic (exact) mass is 372 g/mol. The molecule has 4 rings (SSSR count). The van der Waals surface area contributed by atoms with Gasteiger partial charge in [0.05, 0.1) is 12.7 Å². The second-order valence-corrected chi connectivity index (χ2v) is 6.57. The van der Waals surface area contributed by atoms with Gasteiger partial charge in [0, 0.05) is 11.3 Å². The quantitative estimate of drug-likeness (QED) is 0.523. The molecule has 0 bridgehead atoms. The normalized spacial score (nSPS) is 10.8. The first-order valence-electron chi connectivity index (χ1n) is 8.99. The van der Waals surface area contributed by atoms with E-state index in [2.05, 4.69) is 10.3 Å². The lowest BCUT2D eigenvalue weighted by atomic mass is 10.1. The molecule has 5 nitrogen and oxygen atoms in total. The molecule has 0 aliphatic heterocycles. The van der Waals surface area contributed by atoms with Crippen molar-refractivity contribution in [1.82, 2.24) is 4.98 Å².